The molecule has 0 saturated carbocycles. The van der Waals surface area contributed by atoms with Crippen LogP contribution in [0.2, 0.25) is 0 Å². The molecule has 0 amide bonds. The summed E-state index contributed by atoms with van der Waals surface area (Å²) >= 11 is 0. The van der Waals surface area contributed by atoms with Crippen molar-refractivity contribution in [3.8, 4) is 0 Å². The van der Waals surface area contributed by atoms with Crippen LogP contribution in [-0.4, -0.2) is 17.5 Å². The molecule has 0 aromatic carbocycles. The van der Waals surface area contributed by atoms with Gasteiger partial charge in [0.1, 0.15) is 0 Å². The van der Waals surface area contributed by atoms with Crippen molar-refractivity contribution in [2.75, 3.05) is 6.54 Å². The molecule has 0 spiro atoms. The zero-order valence-corrected chi connectivity index (χ0v) is 11.4. The van der Waals surface area contributed by atoms with E-state index in [1.807, 2.05) is 0 Å². The highest BCUT2D eigenvalue weighted by Gasteiger charge is 2.30. The van der Waals surface area contributed by atoms with Gasteiger partial charge in [-0.1, -0.05) is 32.4 Å². The first-order chi connectivity index (χ1) is 7.50. The van der Waals surface area contributed by atoms with Crippen LogP contribution in [0.3, 0.4) is 0 Å². The fourth-order valence-electron chi connectivity index (χ4n) is 3.09. The van der Waals surface area contributed by atoms with Gasteiger partial charge in [0, 0.05) is 18.3 Å². The summed E-state index contributed by atoms with van der Waals surface area (Å²) in [5, 5.41) is 0. The molecule has 0 N–H and O–H groups in total. The minimum atomic E-state index is 0.641. The second kappa shape index (κ2) is 4.27. The summed E-state index contributed by atoms with van der Waals surface area (Å²) in [5.74, 6) is 1.43. The van der Waals surface area contributed by atoms with Gasteiger partial charge in [-0.25, -0.2) is 0 Å². The Morgan fingerprint density at radius 1 is 1.25 bits per heavy atom. The lowest BCUT2D eigenvalue weighted by Crippen LogP contribution is -2.27. The number of allylic oxidation sites excluding steroid dienone is 3. The largest absolute Gasteiger partial charge is 0.369 e. The molecule has 0 aromatic rings. The van der Waals surface area contributed by atoms with Crippen LogP contribution in [0.1, 0.15) is 47.5 Å². The van der Waals surface area contributed by atoms with Gasteiger partial charge in [-0.15, -0.1) is 0 Å². The molecule has 2 rings (SSSR count). The molecule has 1 heterocycles. The molecule has 2 aliphatic rings. The van der Waals surface area contributed by atoms with Crippen LogP contribution in [0.15, 0.2) is 22.9 Å². The number of likely N-dealkylation sites (tertiary alicyclic amines) is 1. The van der Waals surface area contributed by atoms with E-state index in [0.29, 0.717) is 12.0 Å². The van der Waals surface area contributed by atoms with Crippen molar-refractivity contribution >= 4 is 0 Å². The smallest absolute Gasteiger partial charge is 0.0363 e. The van der Waals surface area contributed by atoms with Crippen molar-refractivity contribution in [2.24, 2.45) is 11.8 Å². The summed E-state index contributed by atoms with van der Waals surface area (Å²) in [6.07, 6.45) is 5.04. The summed E-state index contributed by atoms with van der Waals surface area (Å²) in [4.78, 5) is 2.58. The second-order valence-electron chi connectivity index (χ2n) is 5.93. The molecule has 1 heteroatoms. The fraction of sp³-hybridized carbons (Fsp3) is 0.733. The lowest BCUT2D eigenvalue weighted by Gasteiger charge is -2.30. The van der Waals surface area contributed by atoms with Gasteiger partial charge < -0.3 is 4.90 Å². The van der Waals surface area contributed by atoms with Crippen molar-refractivity contribution in [3.63, 3.8) is 0 Å². The van der Waals surface area contributed by atoms with Crippen LogP contribution < -0.4 is 0 Å². The average molecular weight is 219 g/mol. The Kier molecular flexibility index (Phi) is 3.14. The van der Waals surface area contributed by atoms with Gasteiger partial charge in [-0.3, -0.25) is 0 Å². The van der Waals surface area contributed by atoms with E-state index in [1.165, 1.54) is 19.4 Å². The monoisotopic (exact) mass is 219 g/mol. The van der Waals surface area contributed by atoms with Crippen LogP contribution in [0.5, 0.6) is 0 Å². The van der Waals surface area contributed by atoms with Crippen molar-refractivity contribution in [2.45, 2.75) is 53.5 Å². The van der Waals surface area contributed by atoms with E-state index in [4.69, 9.17) is 0 Å². The first-order valence-electron chi connectivity index (χ1n) is 6.71. The molecule has 1 unspecified atom stereocenters. The number of hydrogen-bond acceptors (Lipinski definition) is 1. The molecule has 90 valence electrons. The molecule has 1 nitrogen and oxygen atoms in total. The number of fused-ring (bicyclic) bond motifs is 1. The molecule has 16 heavy (non-hydrogen) atoms. The third-order valence-corrected chi connectivity index (χ3v) is 3.91. The van der Waals surface area contributed by atoms with Gasteiger partial charge in [0.2, 0.25) is 0 Å². The molecule has 1 aliphatic carbocycles. The molecule has 0 radical (unpaired) electrons. The zero-order valence-electron chi connectivity index (χ0n) is 11.4. The highest BCUT2D eigenvalue weighted by Crippen LogP contribution is 2.40. The zero-order chi connectivity index (χ0) is 11.9. The van der Waals surface area contributed by atoms with Gasteiger partial charge in [0.05, 0.1) is 0 Å². The number of nitrogens with zero attached hydrogens (tertiary/aromatic N) is 1. The van der Waals surface area contributed by atoms with Crippen LogP contribution in [-0.2, 0) is 0 Å². The summed E-state index contributed by atoms with van der Waals surface area (Å²) in [5.41, 5.74) is 4.94. The van der Waals surface area contributed by atoms with Crippen molar-refractivity contribution in [1.29, 1.82) is 0 Å². The Bertz CT molecular complexity index is 333. The van der Waals surface area contributed by atoms with E-state index in [9.17, 15) is 0 Å². The topological polar surface area (TPSA) is 3.24 Å². The molecular formula is C15H25N. The first-order valence-corrected chi connectivity index (χ1v) is 6.71. The van der Waals surface area contributed by atoms with Crippen molar-refractivity contribution < 1.29 is 0 Å². The van der Waals surface area contributed by atoms with Crippen LogP contribution in [0.25, 0.3) is 0 Å². The summed E-state index contributed by atoms with van der Waals surface area (Å²) in [7, 11) is 0. The molecule has 0 aromatic heterocycles. The van der Waals surface area contributed by atoms with Gasteiger partial charge in [0.25, 0.3) is 0 Å². The summed E-state index contributed by atoms with van der Waals surface area (Å²) < 4.78 is 0. The Morgan fingerprint density at radius 2 is 1.94 bits per heavy atom. The molecular weight excluding hydrogens is 194 g/mol. The van der Waals surface area contributed by atoms with Gasteiger partial charge in [-0.2, -0.15) is 0 Å². The third-order valence-electron chi connectivity index (χ3n) is 3.91. The van der Waals surface area contributed by atoms with E-state index in [-0.39, 0.29) is 0 Å². The normalized spacial score (nSPS) is 25.6. The Morgan fingerprint density at radius 3 is 2.50 bits per heavy atom. The maximum Gasteiger partial charge on any atom is 0.0363 e. The van der Waals surface area contributed by atoms with Crippen molar-refractivity contribution in [3.05, 3.63) is 22.9 Å². The minimum Gasteiger partial charge on any atom is -0.369 e. The highest BCUT2D eigenvalue weighted by atomic mass is 15.2. The Balaban J connectivity index is 2.37. The van der Waals surface area contributed by atoms with E-state index in [0.717, 1.165) is 5.92 Å². The quantitative estimate of drug-likeness (QED) is 0.679. The second-order valence-corrected chi connectivity index (χ2v) is 5.93. The Labute approximate surface area is 100 Å². The van der Waals surface area contributed by atoms with Crippen molar-refractivity contribution in [1.82, 2.24) is 4.90 Å². The highest BCUT2D eigenvalue weighted by molar-refractivity contribution is 5.42. The lowest BCUT2D eigenvalue weighted by molar-refractivity contribution is 0.321. The van der Waals surface area contributed by atoms with Crippen LogP contribution in [0.4, 0.5) is 0 Å². The van der Waals surface area contributed by atoms with Crippen LogP contribution >= 0.6 is 0 Å². The molecule has 1 atom stereocenters. The minimum absolute atomic E-state index is 0.641. The van der Waals surface area contributed by atoms with Gasteiger partial charge >= 0.3 is 0 Å². The fourth-order valence-corrected chi connectivity index (χ4v) is 3.09. The van der Waals surface area contributed by atoms with E-state index in [1.54, 1.807) is 16.8 Å². The lowest BCUT2D eigenvalue weighted by atomic mass is 9.83. The van der Waals surface area contributed by atoms with Gasteiger partial charge in [-0.05, 0) is 44.1 Å². The van der Waals surface area contributed by atoms with Crippen LogP contribution in [0, 0.1) is 11.8 Å². The third kappa shape index (κ3) is 1.92. The molecule has 1 saturated heterocycles. The number of rotatable bonds is 2. The maximum absolute atomic E-state index is 2.58. The summed E-state index contributed by atoms with van der Waals surface area (Å²) in [6.45, 7) is 12.9. The Hall–Kier alpha value is -0.720. The standard InChI is InChI=1S/C15H25N/c1-10(2)14-8-12(5)9-15-13(14)6-7-16(15)11(3)4/h9-12H,6-8H2,1-5H3. The predicted molar refractivity (Wildman–Crippen MR) is 70.2 cm³/mol. The summed E-state index contributed by atoms with van der Waals surface area (Å²) in [6, 6.07) is 0.641. The van der Waals surface area contributed by atoms with E-state index in [2.05, 4.69) is 45.6 Å². The number of hydrogen-bond donors (Lipinski definition) is 0. The SMILES string of the molecule is CC1C=C2C(=C(C(C)C)C1)CCN2C(C)C. The molecule has 1 aliphatic heterocycles. The van der Waals surface area contributed by atoms with Gasteiger partial charge in [0.15, 0.2) is 0 Å². The van der Waals surface area contributed by atoms with E-state index >= 15 is 0 Å². The van der Waals surface area contributed by atoms with E-state index < -0.39 is 0 Å². The average Bonchev–Trinajstić information content (AvgIpc) is 2.59. The first kappa shape index (κ1) is 11.8. The molecule has 1 fully saturated rings. The predicted octanol–water partition coefficient (Wildman–Crippen LogP) is 3.98. The molecule has 0 bridgehead atoms. The maximum atomic E-state index is 2.58.